The first-order valence-corrected chi connectivity index (χ1v) is 23.5. The van der Waals surface area contributed by atoms with Crippen LogP contribution in [-0.2, 0) is 18.4 Å². The van der Waals surface area contributed by atoms with E-state index in [1.165, 1.54) is 83.1 Å². The Balaban J connectivity index is 2.54. The highest BCUT2D eigenvalue weighted by Crippen LogP contribution is 2.47. The summed E-state index contributed by atoms with van der Waals surface area (Å²) >= 11 is 0. The fraction of sp³-hybridized carbons (Fsp3) is 0.837. The number of rotatable bonds is 35. The van der Waals surface area contributed by atoms with Gasteiger partial charge < -0.3 is 46.0 Å². The minimum atomic E-state index is -5.13. The fourth-order valence-electron chi connectivity index (χ4n) is 6.82. The Morgan fingerprint density at radius 2 is 1.05 bits per heavy atom. The van der Waals surface area contributed by atoms with E-state index in [0.717, 1.165) is 57.8 Å². The number of carbonyl (C=O) groups excluding carboxylic acids is 1. The van der Waals surface area contributed by atoms with Crippen molar-refractivity contribution in [3.8, 4) is 0 Å². The number of carbonyl (C=O) groups is 1. The standard InChI is InChI=1S/C43H80NO12P/c1-3-5-7-9-11-13-15-16-17-18-19-20-21-22-24-26-28-30-34(45)32-37(47)44-35(36(46)31-29-27-25-23-14-12-10-8-6-4-2)33-55-57(53,54)56-43-41(51)39(49)38(48)40(50)42(43)52/h11,13,15-16,29,31,34-36,38-43,45-46,48-52H,3-10,12,14,17-28,30,32-33H2,1-2H3,(H,44,47)(H,53,54)/b13-11-,16-15-,31-29+. The lowest BCUT2D eigenvalue weighted by Crippen LogP contribution is -2.64. The van der Waals surface area contributed by atoms with Crippen LogP contribution in [0.15, 0.2) is 36.5 Å². The van der Waals surface area contributed by atoms with Crippen LogP contribution in [0.3, 0.4) is 0 Å². The molecule has 0 aromatic heterocycles. The Kier molecular flexibility index (Phi) is 31.2. The van der Waals surface area contributed by atoms with E-state index in [9.17, 15) is 50.0 Å². The number of hydrogen-bond donors (Lipinski definition) is 9. The van der Waals surface area contributed by atoms with Crippen molar-refractivity contribution < 1.29 is 59.0 Å². The number of phosphoric acid groups is 1. The van der Waals surface area contributed by atoms with Gasteiger partial charge >= 0.3 is 7.82 Å². The van der Waals surface area contributed by atoms with Gasteiger partial charge in [0.25, 0.3) is 0 Å². The van der Waals surface area contributed by atoms with E-state index in [-0.39, 0.29) is 6.42 Å². The lowest BCUT2D eigenvalue weighted by molar-refractivity contribution is -0.220. The summed E-state index contributed by atoms with van der Waals surface area (Å²) in [6.07, 6.45) is 22.5. The largest absolute Gasteiger partial charge is 0.472 e. The first-order valence-electron chi connectivity index (χ1n) is 22.0. The Morgan fingerprint density at radius 3 is 1.58 bits per heavy atom. The molecule has 1 amide bonds. The molecule has 0 bridgehead atoms. The smallest absolute Gasteiger partial charge is 0.393 e. The van der Waals surface area contributed by atoms with Gasteiger partial charge in [0.05, 0.1) is 31.3 Å². The first-order chi connectivity index (χ1) is 27.3. The molecule has 1 saturated carbocycles. The van der Waals surface area contributed by atoms with Gasteiger partial charge in [-0.05, 0) is 44.9 Å². The number of hydrogen-bond acceptors (Lipinski definition) is 11. The Bertz CT molecular complexity index is 1120. The van der Waals surface area contributed by atoms with E-state index in [1.54, 1.807) is 6.08 Å². The molecule has 13 nitrogen and oxygen atoms in total. The predicted octanol–water partition coefficient (Wildman–Crippen LogP) is 6.58. The SMILES string of the molecule is CCCCC/C=C\C=C/CCCCCCCCCCC(O)CC(=O)NC(COP(=O)(O)OC1C(O)C(O)C(O)C(O)C1O)C(O)/C=C/CCCCCCCCCC. The molecule has 1 aliphatic carbocycles. The van der Waals surface area contributed by atoms with Crippen molar-refractivity contribution in [2.24, 2.45) is 0 Å². The second-order valence-electron chi connectivity index (χ2n) is 15.8. The molecule has 0 aromatic rings. The van der Waals surface area contributed by atoms with Gasteiger partial charge in [0.1, 0.15) is 36.6 Å². The fourth-order valence-corrected chi connectivity index (χ4v) is 7.78. The number of unbranched alkanes of at least 4 members (excludes halogenated alkanes) is 19. The summed E-state index contributed by atoms with van der Waals surface area (Å²) in [6, 6.07) is -1.24. The summed E-state index contributed by atoms with van der Waals surface area (Å²) in [5.74, 6) is -0.600. The minimum absolute atomic E-state index is 0.250. The molecular formula is C43H80NO12P. The van der Waals surface area contributed by atoms with Crippen molar-refractivity contribution in [3.05, 3.63) is 36.5 Å². The maximum atomic E-state index is 12.9. The minimum Gasteiger partial charge on any atom is -0.393 e. The quantitative estimate of drug-likeness (QED) is 0.0143. The molecule has 8 unspecified atom stereocenters. The summed E-state index contributed by atoms with van der Waals surface area (Å²) in [6.45, 7) is 3.66. The summed E-state index contributed by atoms with van der Waals surface area (Å²) in [5, 5.41) is 74.2. The lowest BCUT2D eigenvalue weighted by Gasteiger charge is -2.41. The van der Waals surface area contributed by atoms with E-state index in [0.29, 0.717) is 12.8 Å². The summed E-state index contributed by atoms with van der Waals surface area (Å²) in [4.78, 5) is 23.3. The van der Waals surface area contributed by atoms with Gasteiger partial charge in [-0.25, -0.2) is 4.57 Å². The molecular weight excluding hydrogens is 753 g/mol. The number of amides is 1. The van der Waals surface area contributed by atoms with E-state index in [4.69, 9.17) is 9.05 Å². The van der Waals surface area contributed by atoms with Gasteiger partial charge in [-0.2, -0.15) is 0 Å². The molecule has 14 heteroatoms. The average molecular weight is 834 g/mol. The van der Waals surface area contributed by atoms with Crippen LogP contribution in [0.2, 0.25) is 0 Å². The molecule has 1 aliphatic rings. The van der Waals surface area contributed by atoms with Crippen molar-refractivity contribution in [2.45, 2.75) is 223 Å². The normalized spacial score (nSPS) is 24.3. The molecule has 8 atom stereocenters. The highest BCUT2D eigenvalue weighted by molar-refractivity contribution is 7.47. The molecule has 1 rings (SSSR count). The maximum absolute atomic E-state index is 12.9. The molecule has 0 spiro atoms. The molecule has 1 fully saturated rings. The number of aliphatic hydroxyl groups is 7. The molecule has 0 radical (unpaired) electrons. The van der Waals surface area contributed by atoms with Crippen molar-refractivity contribution >= 4 is 13.7 Å². The van der Waals surface area contributed by atoms with Gasteiger partial charge in [-0.15, -0.1) is 0 Å². The third-order valence-electron chi connectivity index (χ3n) is 10.5. The van der Waals surface area contributed by atoms with Gasteiger partial charge in [0.2, 0.25) is 5.91 Å². The summed E-state index contributed by atoms with van der Waals surface area (Å²) < 4.78 is 22.8. The summed E-state index contributed by atoms with van der Waals surface area (Å²) in [7, 11) is -5.13. The van der Waals surface area contributed by atoms with E-state index >= 15 is 0 Å². The van der Waals surface area contributed by atoms with Crippen LogP contribution in [0.25, 0.3) is 0 Å². The molecule has 0 aromatic carbocycles. The zero-order valence-corrected chi connectivity index (χ0v) is 35.9. The van der Waals surface area contributed by atoms with Crippen LogP contribution in [-0.4, -0.2) is 108 Å². The molecule has 334 valence electrons. The topological polar surface area (TPSA) is 226 Å². The van der Waals surface area contributed by atoms with Gasteiger partial charge in [0.15, 0.2) is 0 Å². The Labute approximate surface area is 343 Å². The second kappa shape index (κ2) is 33.3. The average Bonchev–Trinajstić information content (AvgIpc) is 3.18. The van der Waals surface area contributed by atoms with Gasteiger partial charge in [-0.1, -0.05) is 153 Å². The number of nitrogens with one attached hydrogen (secondary N) is 1. The van der Waals surface area contributed by atoms with E-state index in [1.807, 2.05) is 0 Å². The number of phosphoric ester groups is 1. The van der Waals surface area contributed by atoms with Crippen molar-refractivity contribution in [3.63, 3.8) is 0 Å². The first kappa shape index (κ1) is 53.5. The predicted molar refractivity (Wildman–Crippen MR) is 224 cm³/mol. The highest BCUT2D eigenvalue weighted by Gasteiger charge is 2.51. The van der Waals surface area contributed by atoms with Crippen molar-refractivity contribution in [1.82, 2.24) is 5.32 Å². The van der Waals surface area contributed by atoms with Crippen LogP contribution in [0.1, 0.15) is 168 Å². The molecule has 9 N–H and O–H groups in total. The lowest BCUT2D eigenvalue weighted by atomic mass is 9.85. The molecule has 57 heavy (non-hydrogen) atoms. The molecule has 0 saturated heterocycles. The zero-order valence-electron chi connectivity index (χ0n) is 35.0. The Morgan fingerprint density at radius 1 is 0.632 bits per heavy atom. The van der Waals surface area contributed by atoms with Crippen molar-refractivity contribution in [1.29, 1.82) is 0 Å². The van der Waals surface area contributed by atoms with Gasteiger partial charge in [0, 0.05) is 0 Å². The van der Waals surface area contributed by atoms with Gasteiger partial charge in [-0.3, -0.25) is 13.8 Å². The maximum Gasteiger partial charge on any atom is 0.472 e. The highest BCUT2D eigenvalue weighted by atomic mass is 31.2. The van der Waals surface area contributed by atoms with Crippen LogP contribution in [0, 0.1) is 0 Å². The van der Waals surface area contributed by atoms with Crippen LogP contribution in [0.5, 0.6) is 0 Å². The van der Waals surface area contributed by atoms with E-state index < -0.39 is 75.2 Å². The van der Waals surface area contributed by atoms with Crippen LogP contribution >= 0.6 is 7.82 Å². The number of aliphatic hydroxyl groups excluding tert-OH is 7. The number of allylic oxidation sites excluding steroid dienone is 5. The third-order valence-corrected chi connectivity index (χ3v) is 11.5. The van der Waals surface area contributed by atoms with E-state index in [2.05, 4.69) is 43.5 Å². The molecule has 0 aliphatic heterocycles. The third kappa shape index (κ3) is 25.7. The van der Waals surface area contributed by atoms with Crippen LogP contribution < -0.4 is 5.32 Å². The van der Waals surface area contributed by atoms with Crippen molar-refractivity contribution in [2.75, 3.05) is 6.61 Å². The summed E-state index contributed by atoms with van der Waals surface area (Å²) in [5.41, 5.74) is 0. The Hall–Kier alpha value is -1.48. The zero-order chi connectivity index (χ0) is 42.3. The molecule has 0 heterocycles. The second-order valence-corrected chi connectivity index (χ2v) is 17.2. The van der Waals surface area contributed by atoms with Crippen LogP contribution in [0.4, 0.5) is 0 Å². The monoisotopic (exact) mass is 834 g/mol.